The van der Waals surface area contributed by atoms with Gasteiger partial charge >= 0.3 is 0 Å². The van der Waals surface area contributed by atoms with Crippen molar-refractivity contribution >= 4 is 17.5 Å². The van der Waals surface area contributed by atoms with E-state index in [1.165, 1.54) is 0 Å². The smallest absolute Gasteiger partial charge is 0.226 e. The largest absolute Gasteiger partial charge is 0.489 e. The van der Waals surface area contributed by atoms with Crippen molar-refractivity contribution in [2.45, 2.75) is 39.5 Å². The van der Waals surface area contributed by atoms with Crippen LogP contribution in [-0.4, -0.2) is 37.1 Å². The third kappa shape index (κ3) is 4.29. The maximum Gasteiger partial charge on any atom is 0.226 e. The molecule has 0 radical (unpaired) electrons. The second kappa shape index (κ2) is 8.28. The lowest BCUT2D eigenvalue weighted by atomic mass is 10.1. The van der Waals surface area contributed by atoms with Crippen molar-refractivity contribution in [1.29, 1.82) is 0 Å². The normalized spacial score (nSPS) is 13.6. The summed E-state index contributed by atoms with van der Waals surface area (Å²) in [7, 11) is 0. The number of halogens is 1. The number of fused-ring (bicyclic) bond motifs is 1. The molecule has 4 nitrogen and oxygen atoms in total. The lowest BCUT2D eigenvalue weighted by molar-refractivity contribution is -0.130. The Kier molecular flexibility index (Phi) is 6.37. The highest BCUT2D eigenvalue weighted by molar-refractivity contribution is 6.32. The van der Waals surface area contributed by atoms with E-state index in [-0.39, 0.29) is 5.91 Å². The molecule has 1 aromatic rings. The third-order valence-corrected chi connectivity index (χ3v) is 3.84. The van der Waals surface area contributed by atoms with Gasteiger partial charge in [-0.25, -0.2) is 0 Å². The molecular weight excluding hydrogens is 302 g/mol. The molecule has 0 bridgehead atoms. The molecule has 1 heterocycles. The number of hydrogen-bond acceptors (Lipinski definition) is 3. The summed E-state index contributed by atoms with van der Waals surface area (Å²) in [6, 6.07) is 3.68. The number of ether oxygens (including phenoxy) is 2. The van der Waals surface area contributed by atoms with Gasteiger partial charge in [-0.1, -0.05) is 25.4 Å². The van der Waals surface area contributed by atoms with Gasteiger partial charge in [0.15, 0.2) is 11.5 Å². The van der Waals surface area contributed by atoms with Gasteiger partial charge in [0.1, 0.15) is 0 Å². The van der Waals surface area contributed by atoms with Crippen LogP contribution in [0.3, 0.4) is 0 Å². The molecule has 1 aliphatic heterocycles. The fourth-order valence-corrected chi connectivity index (χ4v) is 2.86. The topological polar surface area (TPSA) is 38.8 Å². The molecule has 0 unspecified atom stereocenters. The van der Waals surface area contributed by atoms with Crippen LogP contribution in [0.4, 0.5) is 0 Å². The van der Waals surface area contributed by atoms with Gasteiger partial charge in [-0.2, -0.15) is 0 Å². The van der Waals surface area contributed by atoms with E-state index >= 15 is 0 Å². The van der Waals surface area contributed by atoms with E-state index in [0.717, 1.165) is 37.9 Å². The molecule has 0 fully saturated rings. The minimum Gasteiger partial charge on any atom is -0.489 e. The third-order valence-electron chi connectivity index (χ3n) is 3.56. The van der Waals surface area contributed by atoms with Gasteiger partial charge in [-0.05, 0) is 30.5 Å². The molecule has 0 saturated heterocycles. The summed E-state index contributed by atoms with van der Waals surface area (Å²) in [4.78, 5) is 14.4. The van der Waals surface area contributed by atoms with Gasteiger partial charge in [0.05, 0.1) is 24.7 Å². The molecule has 1 aliphatic rings. The molecule has 0 saturated carbocycles. The number of amides is 1. The van der Waals surface area contributed by atoms with E-state index in [9.17, 15) is 4.79 Å². The fourth-order valence-electron chi connectivity index (χ4n) is 2.57. The fraction of sp³-hybridized carbons (Fsp3) is 0.588. The van der Waals surface area contributed by atoms with Crippen molar-refractivity contribution in [3.63, 3.8) is 0 Å². The predicted octanol–water partition coefficient (Wildman–Crippen LogP) is 3.69. The first kappa shape index (κ1) is 16.9. The Hall–Kier alpha value is -1.42. The Labute approximate surface area is 137 Å². The number of carbonyl (C=O) groups excluding carboxylic acids is 1. The second-order valence-electron chi connectivity index (χ2n) is 5.51. The van der Waals surface area contributed by atoms with Crippen LogP contribution in [0.5, 0.6) is 11.5 Å². The van der Waals surface area contributed by atoms with Crippen molar-refractivity contribution in [3.8, 4) is 11.5 Å². The van der Waals surface area contributed by atoms with Crippen LogP contribution in [-0.2, 0) is 11.2 Å². The minimum absolute atomic E-state index is 0.134. The highest BCUT2D eigenvalue weighted by atomic mass is 35.5. The average Bonchev–Trinajstić information content (AvgIpc) is 2.72. The summed E-state index contributed by atoms with van der Waals surface area (Å²) in [6.07, 6.45) is 3.11. The number of rotatable bonds is 6. The van der Waals surface area contributed by atoms with E-state index < -0.39 is 0 Å². The Balaban J connectivity index is 2.13. The van der Waals surface area contributed by atoms with Gasteiger partial charge < -0.3 is 14.4 Å². The quantitative estimate of drug-likeness (QED) is 0.800. The standard InChI is InChI=1S/C17H24ClNO3/c1-3-6-19(7-4-2)16(20)12-13-10-14(18)17-15(11-13)21-8-5-9-22-17/h10-11H,3-9,12H2,1-2H3. The molecular formula is C17H24ClNO3. The van der Waals surface area contributed by atoms with E-state index in [0.29, 0.717) is 36.2 Å². The lowest BCUT2D eigenvalue weighted by Gasteiger charge is -2.22. The van der Waals surface area contributed by atoms with Crippen LogP contribution in [0, 0.1) is 0 Å². The summed E-state index contributed by atoms with van der Waals surface area (Å²) in [5, 5.41) is 0.514. The maximum absolute atomic E-state index is 12.5. The van der Waals surface area contributed by atoms with Gasteiger partial charge in [0.2, 0.25) is 5.91 Å². The van der Waals surface area contributed by atoms with Crippen LogP contribution in [0.1, 0.15) is 38.7 Å². The van der Waals surface area contributed by atoms with Gasteiger partial charge in [-0.15, -0.1) is 0 Å². The summed E-state index contributed by atoms with van der Waals surface area (Å²) < 4.78 is 11.3. The molecule has 2 rings (SSSR count). The molecule has 5 heteroatoms. The molecule has 122 valence electrons. The van der Waals surface area contributed by atoms with Crippen LogP contribution < -0.4 is 9.47 Å². The van der Waals surface area contributed by atoms with Crippen LogP contribution in [0.2, 0.25) is 5.02 Å². The molecule has 1 amide bonds. The second-order valence-corrected chi connectivity index (χ2v) is 5.92. The highest BCUT2D eigenvalue weighted by Gasteiger charge is 2.18. The van der Waals surface area contributed by atoms with Crippen molar-refractivity contribution in [2.24, 2.45) is 0 Å². The number of carbonyl (C=O) groups is 1. The van der Waals surface area contributed by atoms with Crippen molar-refractivity contribution < 1.29 is 14.3 Å². The zero-order valence-corrected chi connectivity index (χ0v) is 14.1. The van der Waals surface area contributed by atoms with Crippen molar-refractivity contribution in [1.82, 2.24) is 4.90 Å². The molecule has 0 atom stereocenters. The first-order valence-electron chi connectivity index (χ1n) is 8.01. The maximum atomic E-state index is 12.5. The minimum atomic E-state index is 0.134. The number of nitrogens with zero attached hydrogens (tertiary/aromatic N) is 1. The van der Waals surface area contributed by atoms with E-state index in [1.807, 2.05) is 17.0 Å². The van der Waals surface area contributed by atoms with Crippen molar-refractivity contribution in [2.75, 3.05) is 26.3 Å². The Morgan fingerprint density at radius 3 is 2.55 bits per heavy atom. The zero-order chi connectivity index (χ0) is 15.9. The summed E-state index contributed by atoms with van der Waals surface area (Å²) in [6.45, 7) is 6.97. The van der Waals surface area contributed by atoms with Crippen LogP contribution in [0.25, 0.3) is 0 Å². The first-order chi connectivity index (χ1) is 10.7. The van der Waals surface area contributed by atoms with E-state index in [1.54, 1.807) is 0 Å². The molecule has 1 aromatic carbocycles. The first-order valence-corrected chi connectivity index (χ1v) is 8.39. The number of benzene rings is 1. The molecule has 22 heavy (non-hydrogen) atoms. The molecule has 0 spiro atoms. The molecule has 0 aliphatic carbocycles. The Morgan fingerprint density at radius 1 is 1.18 bits per heavy atom. The summed E-state index contributed by atoms with van der Waals surface area (Å²) in [5.74, 6) is 1.37. The lowest BCUT2D eigenvalue weighted by Crippen LogP contribution is -2.33. The summed E-state index contributed by atoms with van der Waals surface area (Å²) in [5.41, 5.74) is 0.872. The zero-order valence-electron chi connectivity index (χ0n) is 13.4. The highest BCUT2D eigenvalue weighted by Crippen LogP contribution is 2.38. The Morgan fingerprint density at radius 2 is 1.86 bits per heavy atom. The van der Waals surface area contributed by atoms with E-state index in [4.69, 9.17) is 21.1 Å². The SMILES string of the molecule is CCCN(CCC)C(=O)Cc1cc(Cl)c2c(c1)OCCCO2. The summed E-state index contributed by atoms with van der Waals surface area (Å²) >= 11 is 6.28. The predicted molar refractivity (Wildman–Crippen MR) is 87.9 cm³/mol. The average molecular weight is 326 g/mol. The van der Waals surface area contributed by atoms with Crippen molar-refractivity contribution in [3.05, 3.63) is 22.7 Å². The molecule has 0 aromatic heterocycles. The Bertz CT molecular complexity index is 513. The molecule has 0 N–H and O–H groups in total. The van der Waals surface area contributed by atoms with Crippen LogP contribution in [0.15, 0.2) is 12.1 Å². The van der Waals surface area contributed by atoms with Crippen LogP contribution >= 0.6 is 11.6 Å². The number of hydrogen-bond donors (Lipinski definition) is 0. The monoisotopic (exact) mass is 325 g/mol. The van der Waals surface area contributed by atoms with E-state index in [2.05, 4.69) is 13.8 Å². The van der Waals surface area contributed by atoms with Gasteiger partial charge in [-0.3, -0.25) is 4.79 Å². The van der Waals surface area contributed by atoms with Gasteiger partial charge in [0, 0.05) is 19.5 Å². The van der Waals surface area contributed by atoms with Gasteiger partial charge in [0.25, 0.3) is 0 Å².